The second-order valence-electron chi connectivity index (χ2n) is 6.62. The molecule has 4 aromatic rings. The zero-order valence-electron chi connectivity index (χ0n) is 15.3. The Hall–Kier alpha value is -3.66. The number of nitrogens with zero attached hydrogens (tertiary/aromatic N) is 1. The summed E-state index contributed by atoms with van der Waals surface area (Å²) in [7, 11) is 0. The first kappa shape index (κ1) is 17.7. The van der Waals surface area contributed by atoms with E-state index in [1.807, 2.05) is 61.5 Å². The molecule has 4 rings (SSSR count). The second-order valence-corrected chi connectivity index (χ2v) is 6.62. The van der Waals surface area contributed by atoms with E-state index in [1.165, 1.54) is 0 Å². The highest BCUT2D eigenvalue weighted by molar-refractivity contribution is 5.80. The maximum absolute atomic E-state index is 11.8. The lowest BCUT2D eigenvalue weighted by atomic mass is 10.1. The van der Waals surface area contributed by atoms with E-state index in [0.29, 0.717) is 22.3 Å². The molecule has 0 amide bonds. The van der Waals surface area contributed by atoms with Gasteiger partial charge in [0.15, 0.2) is 0 Å². The van der Waals surface area contributed by atoms with Crippen molar-refractivity contribution in [1.82, 2.24) is 0 Å². The van der Waals surface area contributed by atoms with E-state index in [2.05, 4.69) is 4.99 Å². The molecule has 0 aliphatic heterocycles. The van der Waals surface area contributed by atoms with Crippen LogP contribution in [-0.2, 0) is 4.79 Å². The summed E-state index contributed by atoms with van der Waals surface area (Å²) in [5.41, 5.74) is 3.16. The van der Waals surface area contributed by atoms with E-state index >= 15 is 0 Å². The Bertz CT molecular complexity index is 1190. The number of rotatable bonds is 4. The number of carbonyl (C=O) groups is 1. The standard InChI is InChI=1S/C24H19NO3/c1-16-12-13-21-19(14-16)20(15-22(28-21)17-8-4-2-5-9-17)25-23(24(26)27)18-10-6-3-7-11-18/h2-15,23H,1H3,(H,26,27)/p-1. The first-order valence-corrected chi connectivity index (χ1v) is 9.01. The van der Waals surface area contributed by atoms with E-state index in [4.69, 9.17) is 4.42 Å². The molecule has 3 aromatic carbocycles. The molecule has 28 heavy (non-hydrogen) atoms. The van der Waals surface area contributed by atoms with Crippen molar-refractivity contribution in [2.24, 2.45) is 4.99 Å². The van der Waals surface area contributed by atoms with Gasteiger partial charge in [0.1, 0.15) is 17.4 Å². The number of hydrogen-bond acceptors (Lipinski definition) is 4. The minimum atomic E-state index is -1.24. The van der Waals surface area contributed by atoms with Crippen LogP contribution in [0.25, 0.3) is 22.3 Å². The third kappa shape index (κ3) is 3.58. The molecule has 0 spiro atoms. The van der Waals surface area contributed by atoms with Crippen molar-refractivity contribution in [1.29, 1.82) is 0 Å². The topological polar surface area (TPSA) is 65.6 Å². The Morgan fingerprint density at radius 3 is 2.29 bits per heavy atom. The molecule has 0 N–H and O–H groups in total. The first-order chi connectivity index (χ1) is 13.6. The molecule has 0 saturated heterocycles. The molecule has 0 bridgehead atoms. The Morgan fingerprint density at radius 2 is 1.61 bits per heavy atom. The second kappa shape index (κ2) is 7.53. The van der Waals surface area contributed by atoms with E-state index in [0.717, 1.165) is 16.5 Å². The van der Waals surface area contributed by atoms with Crippen LogP contribution >= 0.6 is 0 Å². The Morgan fingerprint density at radius 1 is 0.929 bits per heavy atom. The van der Waals surface area contributed by atoms with E-state index in [9.17, 15) is 9.90 Å². The Labute approximate surface area is 162 Å². The van der Waals surface area contributed by atoms with Crippen LogP contribution in [0.15, 0.2) is 94.3 Å². The van der Waals surface area contributed by atoms with Gasteiger partial charge in [-0.15, -0.1) is 0 Å². The molecule has 1 unspecified atom stereocenters. The van der Waals surface area contributed by atoms with E-state index < -0.39 is 12.0 Å². The molecule has 4 heteroatoms. The number of hydrogen-bond donors (Lipinski definition) is 0. The number of benzene rings is 3. The van der Waals surface area contributed by atoms with Crippen LogP contribution in [0.2, 0.25) is 0 Å². The van der Waals surface area contributed by atoms with Crippen LogP contribution in [0.3, 0.4) is 0 Å². The molecule has 4 nitrogen and oxygen atoms in total. The van der Waals surface area contributed by atoms with Crippen molar-refractivity contribution in [3.05, 3.63) is 101 Å². The SMILES string of the molecule is Cc1ccc2oc(-c3ccccc3)cc(=NC(C(=O)[O-])c3ccccc3)c2c1. The fraction of sp³-hybridized carbons (Fsp3) is 0.0833. The number of carbonyl (C=O) groups excluding carboxylic acids is 1. The summed E-state index contributed by atoms with van der Waals surface area (Å²) in [5, 5.41) is 13.2. The predicted octanol–water partition coefficient (Wildman–Crippen LogP) is 3.80. The van der Waals surface area contributed by atoms with Gasteiger partial charge in [0, 0.05) is 17.0 Å². The molecular weight excluding hydrogens is 350 g/mol. The van der Waals surface area contributed by atoms with Gasteiger partial charge in [0.25, 0.3) is 0 Å². The average molecular weight is 368 g/mol. The van der Waals surface area contributed by atoms with Crippen LogP contribution < -0.4 is 10.5 Å². The fourth-order valence-corrected chi connectivity index (χ4v) is 3.17. The van der Waals surface area contributed by atoms with Gasteiger partial charge >= 0.3 is 0 Å². The molecule has 1 atom stereocenters. The maximum atomic E-state index is 11.8. The minimum absolute atomic E-state index is 0.557. The van der Waals surface area contributed by atoms with Gasteiger partial charge in [-0.3, -0.25) is 4.99 Å². The van der Waals surface area contributed by atoms with Crippen molar-refractivity contribution in [2.75, 3.05) is 0 Å². The molecule has 0 radical (unpaired) electrons. The molecular formula is C24H18NO3-. The van der Waals surface area contributed by atoms with Gasteiger partial charge in [0.2, 0.25) is 0 Å². The van der Waals surface area contributed by atoms with Crippen molar-refractivity contribution in [3.63, 3.8) is 0 Å². The molecule has 1 aromatic heterocycles. The van der Waals surface area contributed by atoms with Crippen LogP contribution in [-0.4, -0.2) is 5.97 Å². The normalized spacial score (nSPS) is 12.8. The van der Waals surface area contributed by atoms with Crippen LogP contribution in [0, 0.1) is 6.92 Å². The lowest BCUT2D eigenvalue weighted by molar-refractivity contribution is -0.307. The van der Waals surface area contributed by atoms with Gasteiger partial charge < -0.3 is 14.3 Å². The van der Waals surface area contributed by atoms with Crippen LogP contribution in [0.1, 0.15) is 17.2 Å². The molecule has 0 saturated carbocycles. The number of fused-ring (bicyclic) bond motifs is 1. The summed E-state index contributed by atoms with van der Waals surface area (Å²) in [6.45, 7) is 1.97. The quantitative estimate of drug-likeness (QED) is 0.550. The smallest absolute Gasteiger partial charge is 0.136 e. The van der Waals surface area contributed by atoms with Gasteiger partial charge in [-0.2, -0.15) is 0 Å². The summed E-state index contributed by atoms with van der Waals surface area (Å²) in [5.74, 6) is -0.616. The molecule has 0 aliphatic rings. The average Bonchev–Trinajstić information content (AvgIpc) is 2.73. The largest absolute Gasteiger partial charge is 0.547 e. The lowest BCUT2D eigenvalue weighted by Gasteiger charge is -2.14. The van der Waals surface area contributed by atoms with Crippen molar-refractivity contribution in [3.8, 4) is 11.3 Å². The van der Waals surface area contributed by atoms with Crippen LogP contribution in [0.5, 0.6) is 0 Å². The monoisotopic (exact) mass is 368 g/mol. The number of carboxylic acids is 1. The third-order valence-electron chi connectivity index (χ3n) is 4.56. The lowest BCUT2D eigenvalue weighted by Crippen LogP contribution is -2.30. The molecule has 0 aliphatic carbocycles. The van der Waals surface area contributed by atoms with Gasteiger partial charge in [0.05, 0.1) is 11.3 Å². The number of carboxylic acid groups (broad SMARTS) is 1. The molecule has 0 fully saturated rings. The predicted molar refractivity (Wildman–Crippen MR) is 106 cm³/mol. The molecule has 1 heterocycles. The number of aryl methyl sites for hydroxylation is 1. The highest BCUT2D eigenvalue weighted by atomic mass is 16.4. The summed E-state index contributed by atoms with van der Waals surface area (Å²) < 4.78 is 6.07. The number of aliphatic carboxylic acids is 1. The summed E-state index contributed by atoms with van der Waals surface area (Å²) in [6, 6.07) is 25.0. The van der Waals surface area contributed by atoms with E-state index in [-0.39, 0.29) is 0 Å². The van der Waals surface area contributed by atoms with Crippen molar-refractivity contribution >= 4 is 16.9 Å². The highest BCUT2D eigenvalue weighted by Crippen LogP contribution is 2.23. The minimum Gasteiger partial charge on any atom is -0.547 e. The highest BCUT2D eigenvalue weighted by Gasteiger charge is 2.12. The van der Waals surface area contributed by atoms with E-state index in [1.54, 1.807) is 30.3 Å². The summed E-state index contributed by atoms with van der Waals surface area (Å²) in [6.07, 6.45) is 0. The molecule has 138 valence electrons. The maximum Gasteiger partial charge on any atom is 0.136 e. The van der Waals surface area contributed by atoms with Gasteiger partial charge in [-0.05, 0) is 24.6 Å². The Kier molecular flexibility index (Phi) is 4.77. The first-order valence-electron chi connectivity index (χ1n) is 9.01. The van der Waals surface area contributed by atoms with Gasteiger partial charge in [-0.25, -0.2) is 0 Å². The van der Waals surface area contributed by atoms with Crippen molar-refractivity contribution in [2.45, 2.75) is 13.0 Å². The zero-order valence-corrected chi connectivity index (χ0v) is 15.3. The fourth-order valence-electron chi connectivity index (χ4n) is 3.17. The van der Waals surface area contributed by atoms with Crippen LogP contribution in [0.4, 0.5) is 0 Å². The Balaban J connectivity index is 1.99. The summed E-state index contributed by atoms with van der Waals surface area (Å²) in [4.78, 5) is 16.4. The zero-order chi connectivity index (χ0) is 19.5. The van der Waals surface area contributed by atoms with Crippen molar-refractivity contribution < 1.29 is 14.3 Å². The summed E-state index contributed by atoms with van der Waals surface area (Å²) >= 11 is 0. The third-order valence-corrected chi connectivity index (χ3v) is 4.56. The van der Waals surface area contributed by atoms with Gasteiger partial charge in [-0.1, -0.05) is 72.3 Å².